The van der Waals surface area contributed by atoms with Crippen molar-refractivity contribution in [3.63, 3.8) is 0 Å². The zero-order chi connectivity index (χ0) is 19.6. The number of rotatable bonds is 6. The minimum Gasteiger partial charge on any atom is -0.506 e. The highest BCUT2D eigenvalue weighted by atomic mass is 16.3. The number of phenolic OH excluding ortho intramolecular Hbond substituents is 1. The molecule has 0 saturated carbocycles. The summed E-state index contributed by atoms with van der Waals surface area (Å²) >= 11 is 0. The molecular formula is C21H22N4O2. The van der Waals surface area contributed by atoms with Gasteiger partial charge in [-0.25, -0.2) is 4.98 Å². The van der Waals surface area contributed by atoms with Crippen LogP contribution in [0.25, 0.3) is 0 Å². The topological polar surface area (TPSA) is 101 Å². The second-order valence-corrected chi connectivity index (χ2v) is 6.84. The molecule has 3 rings (SSSR count). The van der Waals surface area contributed by atoms with Gasteiger partial charge in [0, 0.05) is 23.4 Å². The quantitative estimate of drug-likeness (QED) is 0.768. The predicted molar refractivity (Wildman–Crippen MR) is 102 cm³/mol. The Morgan fingerprint density at radius 2 is 2.19 bits per heavy atom. The van der Waals surface area contributed by atoms with Crippen molar-refractivity contribution in [1.82, 2.24) is 9.88 Å². The number of amidine groups is 1. The number of ketones is 1. The van der Waals surface area contributed by atoms with Gasteiger partial charge >= 0.3 is 0 Å². The van der Waals surface area contributed by atoms with E-state index < -0.39 is 0 Å². The van der Waals surface area contributed by atoms with Crippen LogP contribution in [0.4, 0.5) is 0 Å². The van der Waals surface area contributed by atoms with E-state index in [2.05, 4.69) is 4.98 Å². The summed E-state index contributed by atoms with van der Waals surface area (Å²) in [4.78, 5) is 18.9. The smallest absolute Gasteiger partial charge is 0.182 e. The molecule has 0 saturated heterocycles. The number of carbonyl (C=O) groups is 1. The van der Waals surface area contributed by atoms with Gasteiger partial charge in [0.05, 0.1) is 12.1 Å². The van der Waals surface area contributed by atoms with E-state index in [0.717, 1.165) is 24.1 Å². The zero-order valence-electron chi connectivity index (χ0n) is 15.5. The van der Waals surface area contributed by atoms with Gasteiger partial charge in [-0.3, -0.25) is 10.2 Å². The van der Waals surface area contributed by atoms with E-state index in [1.54, 1.807) is 11.0 Å². The van der Waals surface area contributed by atoms with Crippen LogP contribution < -0.4 is 0 Å². The minimum absolute atomic E-state index is 0.0384. The molecule has 0 fully saturated rings. The average Bonchev–Trinajstić information content (AvgIpc) is 2.96. The maximum Gasteiger partial charge on any atom is 0.182 e. The number of pyridine rings is 1. The van der Waals surface area contributed by atoms with E-state index in [1.165, 1.54) is 6.07 Å². The molecule has 0 radical (unpaired) electrons. The molecule has 2 aromatic rings. The summed E-state index contributed by atoms with van der Waals surface area (Å²) in [7, 11) is 0. The molecule has 1 aromatic carbocycles. The Bertz CT molecular complexity index is 959. The SMILES string of the molecule is CCCCc1cc(C(=O)CN2Cc3ccc(C)nc3C2=N)cc(C#N)c1O. The lowest BCUT2D eigenvalue weighted by molar-refractivity contribution is 0.0962. The second kappa shape index (κ2) is 7.58. The number of carbonyl (C=O) groups excluding carboxylic acids is 1. The molecule has 1 aromatic heterocycles. The van der Waals surface area contributed by atoms with Crippen LogP contribution >= 0.6 is 0 Å². The lowest BCUT2D eigenvalue weighted by atomic mass is 9.98. The van der Waals surface area contributed by atoms with Crippen LogP contribution in [0.1, 0.15) is 58.2 Å². The van der Waals surface area contributed by atoms with Crippen LogP contribution in [-0.4, -0.2) is 33.2 Å². The minimum atomic E-state index is -0.182. The number of aryl methyl sites for hydroxylation is 2. The molecule has 1 aliphatic heterocycles. The molecule has 0 amide bonds. The normalized spacial score (nSPS) is 12.8. The highest BCUT2D eigenvalue weighted by Crippen LogP contribution is 2.27. The van der Waals surface area contributed by atoms with E-state index in [1.807, 2.05) is 32.0 Å². The molecule has 138 valence electrons. The Kier molecular flexibility index (Phi) is 5.22. The molecule has 6 heteroatoms. The average molecular weight is 362 g/mol. The Balaban J connectivity index is 1.83. The summed E-state index contributed by atoms with van der Waals surface area (Å²) in [5.74, 6) is 0.0227. The van der Waals surface area contributed by atoms with Crippen molar-refractivity contribution in [3.8, 4) is 11.8 Å². The largest absolute Gasteiger partial charge is 0.506 e. The first-order valence-electron chi connectivity index (χ1n) is 9.04. The van der Waals surface area contributed by atoms with E-state index in [-0.39, 0.29) is 29.5 Å². The number of aromatic nitrogens is 1. The number of phenols is 1. The first-order valence-corrected chi connectivity index (χ1v) is 9.04. The number of fused-ring (bicyclic) bond motifs is 1. The Morgan fingerprint density at radius 1 is 1.41 bits per heavy atom. The first kappa shape index (κ1) is 18.6. The highest BCUT2D eigenvalue weighted by molar-refractivity contribution is 6.04. The summed E-state index contributed by atoms with van der Waals surface area (Å²) in [5, 5.41) is 27.8. The van der Waals surface area contributed by atoms with Gasteiger partial charge in [0.15, 0.2) is 5.78 Å². The van der Waals surface area contributed by atoms with Gasteiger partial charge in [-0.05, 0) is 43.5 Å². The fourth-order valence-electron chi connectivity index (χ4n) is 3.25. The van der Waals surface area contributed by atoms with Gasteiger partial charge in [0.25, 0.3) is 0 Å². The van der Waals surface area contributed by atoms with Gasteiger partial charge in [0.2, 0.25) is 0 Å². The molecule has 0 aliphatic carbocycles. The van der Waals surface area contributed by atoms with Crippen LogP contribution in [0.3, 0.4) is 0 Å². The molecule has 0 atom stereocenters. The number of aromatic hydroxyl groups is 1. The lowest BCUT2D eigenvalue weighted by Crippen LogP contribution is -2.30. The van der Waals surface area contributed by atoms with Crippen molar-refractivity contribution in [2.24, 2.45) is 0 Å². The molecule has 0 bridgehead atoms. The third-order valence-corrected chi connectivity index (χ3v) is 4.79. The van der Waals surface area contributed by atoms with Crippen LogP contribution in [0.2, 0.25) is 0 Å². The van der Waals surface area contributed by atoms with E-state index >= 15 is 0 Å². The van der Waals surface area contributed by atoms with Crippen molar-refractivity contribution in [1.29, 1.82) is 10.7 Å². The standard InChI is InChI=1S/C21H22N4O2/c1-3-4-5-14-8-16(9-17(10-22)20(14)27)18(26)12-25-11-15-7-6-13(2)24-19(15)21(25)23/h6-9,23,27H,3-5,11-12H2,1-2H3. The van der Waals surface area contributed by atoms with Gasteiger partial charge in [0.1, 0.15) is 23.3 Å². The number of Topliss-reactive ketones (excluding diaryl/α,β-unsaturated/α-hetero) is 1. The summed E-state index contributed by atoms with van der Waals surface area (Å²) in [6, 6.07) is 8.90. The number of hydrogen-bond acceptors (Lipinski definition) is 5. The maximum absolute atomic E-state index is 12.8. The molecule has 27 heavy (non-hydrogen) atoms. The highest BCUT2D eigenvalue weighted by Gasteiger charge is 2.28. The first-order chi connectivity index (χ1) is 12.9. The van der Waals surface area contributed by atoms with Crippen molar-refractivity contribution in [3.05, 3.63) is 57.9 Å². The predicted octanol–water partition coefficient (Wildman–Crippen LogP) is 3.33. The monoisotopic (exact) mass is 362 g/mol. The molecule has 2 N–H and O–H groups in total. The number of benzene rings is 1. The Hall–Kier alpha value is -3.20. The van der Waals surface area contributed by atoms with Crippen molar-refractivity contribution in [2.75, 3.05) is 6.54 Å². The van der Waals surface area contributed by atoms with Gasteiger partial charge < -0.3 is 10.0 Å². The van der Waals surface area contributed by atoms with Gasteiger partial charge in [-0.1, -0.05) is 19.4 Å². The fourth-order valence-corrected chi connectivity index (χ4v) is 3.25. The van der Waals surface area contributed by atoms with Crippen LogP contribution in [0.15, 0.2) is 24.3 Å². The Labute approximate surface area is 158 Å². The maximum atomic E-state index is 12.8. The van der Waals surface area contributed by atoms with Crippen molar-refractivity contribution in [2.45, 2.75) is 39.7 Å². The van der Waals surface area contributed by atoms with Gasteiger partial charge in [-0.2, -0.15) is 5.26 Å². The van der Waals surface area contributed by atoms with E-state index in [9.17, 15) is 15.2 Å². The molecule has 0 unspecified atom stereocenters. The third-order valence-electron chi connectivity index (χ3n) is 4.79. The van der Waals surface area contributed by atoms with Crippen LogP contribution in [0.5, 0.6) is 5.75 Å². The summed E-state index contributed by atoms with van der Waals surface area (Å²) in [5.41, 5.74) is 3.52. The summed E-state index contributed by atoms with van der Waals surface area (Å²) in [6.07, 6.45) is 2.44. The second-order valence-electron chi connectivity index (χ2n) is 6.84. The van der Waals surface area contributed by atoms with Gasteiger partial charge in [-0.15, -0.1) is 0 Å². The number of unbranched alkanes of at least 4 members (excludes halogenated alkanes) is 1. The molecule has 6 nitrogen and oxygen atoms in total. The number of hydrogen-bond donors (Lipinski definition) is 2. The summed E-state index contributed by atoms with van der Waals surface area (Å²) in [6.45, 7) is 4.43. The number of nitrogens with one attached hydrogen (secondary N) is 1. The Morgan fingerprint density at radius 3 is 2.89 bits per heavy atom. The fraction of sp³-hybridized carbons (Fsp3) is 0.333. The molecule has 0 spiro atoms. The molecule has 2 heterocycles. The third kappa shape index (κ3) is 3.68. The molecule has 1 aliphatic rings. The van der Waals surface area contributed by atoms with Crippen LogP contribution in [0, 0.1) is 23.7 Å². The van der Waals surface area contributed by atoms with E-state index in [4.69, 9.17) is 5.41 Å². The van der Waals surface area contributed by atoms with Crippen molar-refractivity contribution < 1.29 is 9.90 Å². The zero-order valence-corrected chi connectivity index (χ0v) is 15.5. The lowest BCUT2D eigenvalue weighted by Gasteiger charge is -2.17. The van der Waals surface area contributed by atoms with E-state index in [0.29, 0.717) is 29.8 Å². The van der Waals surface area contributed by atoms with Crippen LogP contribution in [-0.2, 0) is 13.0 Å². The van der Waals surface area contributed by atoms with Crippen molar-refractivity contribution >= 4 is 11.6 Å². The number of nitriles is 1. The number of nitrogens with zero attached hydrogens (tertiary/aromatic N) is 3. The molecular weight excluding hydrogens is 340 g/mol. The summed E-state index contributed by atoms with van der Waals surface area (Å²) < 4.78 is 0.